The van der Waals surface area contributed by atoms with Crippen molar-refractivity contribution in [1.82, 2.24) is 13.9 Å². The lowest BCUT2D eigenvalue weighted by Crippen LogP contribution is -2.27. The Kier molecular flexibility index (Phi) is 8.32. The summed E-state index contributed by atoms with van der Waals surface area (Å²) in [4.78, 5) is 17.2. The van der Waals surface area contributed by atoms with E-state index in [1.165, 1.54) is 17.5 Å². The molecule has 0 bridgehead atoms. The van der Waals surface area contributed by atoms with E-state index in [9.17, 15) is 17.6 Å². The molecule has 0 radical (unpaired) electrons. The number of aryl methyl sites for hydroxylation is 1. The number of imidazole rings is 1. The highest BCUT2D eigenvalue weighted by Crippen LogP contribution is 2.33. The van der Waals surface area contributed by atoms with Crippen LogP contribution in [0.3, 0.4) is 0 Å². The third kappa shape index (κ3) is 5.25. The van der Waals surface area contributed by atoms with Crippen LogP contribution in [0.2, 0.25) is 0 Å². The number of esters is 1. The van der Waals surface area contributed by atoms with Crippen LogP contribution in [0.25, 0.3) is 22.2 Å². The molecule has 2 heterocycles. The molecule has 4 rings (SSSR count). The summed E-state index contributed by atoms with van der Waals surface area (Å²) in [6.45, 7) is 2.72. The van der Waals surface area contributed by atoms with E-state index in [2.05, 4.69) is 4.98 Å². The average molecular weight is 523 g/mol. The van der Waals surface area contributed by atoms with Crippen LogP contribution in [-0.2, 0) is 21.3 Å². The molecule has 0 spiro atoms. The van der Waals surface area contributed by atoms with Crippen molar-refractivity contribution >= 4 is 39.4 Å². The number of halogens is 2. The number of fused-ring (bicyclic) bond motifs is 1. The smallest absolute Gasteiger partial charge is 0.337 e. The molecule has 35 heavy (non-hydrogen) atoms. The maximum atomic E-state index is 14.3. The second kappa shape index (κ2) is 10.9. The quantitative estimate of drug-likeness (QED) is 0.473. The fourth-order valence-electron chi connectivity index (χ4n) is 4.24. The molecule has 0 aliphatic carbocycles. The molecule has 188 valence electrons. The first-order valence-electron chi connectivity index (χ1n) is 11.0. The zero-order valence-electron chi connectivity index (χ0n) is 19.5. The molecule has 0 saturated carbocycles. The number of methoxy groups -OCH3 is 1. The molecule has 0 amide bonds. The predicted molar refractivity (Wildman–Crippen MR) is 135 cm³/mol. The van der Waals surface area contributed by atoms with Crippen LogP contribution >= 0.6 is 12.4 Å². The molecule has 0 atom stereocenters. The third-order valence-corrected chi connectivity index (χ3v) is 7.86. The summed E-state index contributed by atoms with van der Waals surface area (Å²) < 4.78 is 48.6. The van der Waals surface area contributed by atoms with Gasteiger partial charge in [-0.05, 0) is 55.7 Å². The Morgan fingerprint density at radius 1 is 1.23 bits per heavy atom. The molecule has 2 aromatic carbocycles. The topological polar surface area (TPSA) is 108 Å². The number of benzene rings is 2. The van der Waals surface area contributed by atoms with Crippen LogP contribution in [0, 0.1) is 6.92 Å². The van der Waals surface area contributed by atoms with Gasteiger partial charge >= 0.3 is 5.97 Å². The van der Waals surface area contributed by atoms with Gasteiger partial charge in [-0.3, -0.25) is 0 Å². The molecule has 1 aliphatic heterocycles. The first-order chi connectivity index (χ1) is 16.3. The Bertz CT molecular complexity index is 1380. The van der Waals surface area contributed by atoms with Gasteiger partial charge in [0.2, 0.25) is 10.0 Å². The first kappa shape index (κ1) is 26.8. The Morgan fingerprint density at radius 3 is 2.60 bits per heavy atom. The number of carbonyl (C=O) groups excluding carboxylic acids is 1. The van der Waals surface area contributed by atoms with E-state index >= 15 is 0 Å². The standard InChI is InChI=1S/C24H27FN4O4S.ClH/c1-16-27-23-21(17-6-5-7-20(12-17)34(31,32)28-10-3-4-11-28)13-18(24(30)33-2)14-22(23)29(16)15-19(25)8-9-26;/h5-8,12-14H,3-4,9-11,15,26H2,1-2H3;1H. The normalized spacial score (nSPS) is 14.8. The summed E-state index contributed by atoms with van der Waals surface area (Å²) in [6, 6.07) is 9.82. The maximum absolute atomic E-state index is 14.3. The zero-order valence-corrected chi connectivity index (χ0v) is 21.2. The molecule has 8 nitrogen and oxygen atoms in total. The number of nitrogens with zero attached hydrogens (tertiary/aromatic N) is 3. The molecule has 11 heteroatoms. The number of ether oxygens (including phenoxy) is 1. The van der Waals surface area contributed by atoms with Crippen LogP contribution < -0.4 is 5.73 Å². The molecule has 1 aromatic heterocycles. The monoisotopic (exact) mass is 522 g/mol. The molecule has 1 fully saturated rings. The van der Waals surface area contributed by atoms with Gasteiger partial charge in [0.1, 0.15) is 11.7 Å². The van der Waals surface area contributed by atoms with E-state index in [0.29, 0.717) is 41.1 Å². The van der Waals surface area contributed by atoms with Gasteiger partial charge in [0.05, 0.1) is 35.1 Å². The van der Waals surface area contributed by atoms with Gasteiger partial charge in [-0.15, -0.1) is 12.4 Å². The summed E-state index contributed by atoms with van der Waals surface area (Å²) in [5, 5.41) is 0. The van der Waals surface area contributed by atoms with E-state index in [1.54, 1.807) is 47.9 Å². The lowest BCUT2D eigenvalue weighted by atomic mass is 10.0. The lowest BCUT2D eigenvalue weighted by molar-refractivity contribution is 0.0601. The summed E-state index contributed by atoms with van der Waals surface area (Å²) >= 11 is 0. The number of hydrogen-bond donors (Lipinski definition) is 1. The van der Waals surface area contributed by atoms with E-state index in [0.717, 1.165) is 12.8 Å². The fraction of sp³-hybridized carbons (Fsp3) is 0.333. The lowest BCUT2D eigenvalue weighted by Gasteiger charge is -2.16. The van der Waals surface area contributed by atoms with Crippen LogP contribution in [0.5, 0.6) is 0 Å². The highest BCUT2D eigenvalue weighted by atomic mass is 35.5. The second-order valence-corrected chi connectivity index (χ2v) is 10.1. The number of rotatable bonds is 7. The van der Waals surface area contributed by atoms with Crippen molar-refractivity contribution in [3.8, 4) is 11.1 Å². The molecule has 0 unspecified atom stereocenters. The van der Waals surface area contributed by atoms with Crippen LogP contribution in [-0.4, -0.2) is 55.0 Å². The zero-order chi connectivity index (χ0) is 24.5. The van der Waals surface area contributed by atoms with E-state index in [-0.39, 0.29) is 36.0 Å². The average Bonchev–Trinajstić information content (AvgIpc) is 3.47. The maximum Gasteiger partial charge on any atom is 0.337 e. The minimum absolute atomic E-state index is 0. The summed E-state index contributed by atoms with van der Waals surface area (Å²) in [5.74, 6) is -0.444. The summed E-state index contributed by atoms with van der Waals surface area (Å²) in [6.07, 6.45) is 2.96. The van der Waals surface area contributed by atoms with E-state index in [1.807, 2.05) is 0 Å². The number of sulfonamides is 1. The summed E-state index contributed by atoms with van der Waals surface area (Å²) in [5.41, 5.74) is 7.88. The number of nitrogens with two attached hydrogens (primary N) is 1. The molecule has 1 aliphatic rings. The molecule has 3 aromatic rings. The Labute approximate surface area is 210 Å². The second-order valence-electron chi connectivity index (χ2n) is 8.15. The van der Waals surface area contributed by atoms with Crippen molar-refractivity contribution < 1.29 is 22.3 Å². The highest BCUT2D eigenvalue weighted by Gasteiger charge is 2.28. The Morgan fingerprint density at radius 2 is 1.94 bits per heavy atom. The fourth-order valence-corrected chi connectivity index (χ4v) is 5.80. The van der Waals surface area contributed by atoms with Crippen molar-refractivity contribution in [2.45, 2.75) is 31.2 Å². The van der Waals surface area contributed by atoms with Crippen molar-refractivity contribution in [3.05, 3.63) is 59.7 Å². The Balaban J connectivity index is 0.00000342. The molecule has 2 N–H and O–H groups in total. The number of allylic oxidation sites excluding steroid dienone is 1. The first-order valence-corrected chi connectivity index (χ1v) is 12.4. The number of hydrogen-bond acceptors (Lipinski definition) is 6. The van der Waals surface area contributed by atoms with Gasteiger partial charge < -0.3 is 15.0 Å². The van der Waals surface area contributed by atoms with Crippen LogP contribution in [0.1, 0.15) is 29.0 Å². The molecule has 1 saturated heterocycles. The highest BCUT2D eigenvalue weighted by molar-refractivity contribution is 7.89. The predicted octanol–water partition coefficient (Wildman–Crippen LogP) is 3.82. The third-order valence-electron chi connectivity index (χ3n) is 5.96. The number of carbonyl (C=O) groups is 1. The van der Waals surface area contributed by atoms with Gasteiger partial charge in [-0.1, -0.05) is 12.1 Å². The van der Waals surface area contributed by atoms with Crippen molar-refractivity contribution in [1.29, 1.82) is 0 Å². The molecular formula is C24H28ClFN4O4S. The SMILES string of the molecule is COC(=O)c1cc(-c2cccc(S(=O)(=O)N3CCCC3)c2)c2nc(C)n(CC(F)=CCN)c2c1.Cl. The van der Waals surface area contributed by atoms with E-state index < -0.39 is 21.8 Å². The van der Waals surface area contributed by atoms with Crippen LogP contribution in [0.4, 0.5) is 4.39 Å². The van der Waals surface area contributed by atoms with Gasteiger partial charge in [0.25, 0.3) is 0 Å². The van der Waals surface area contributed by atoms with Gasteiger partial charge in [0.15, 0.2) is 0 Å². The minimum Gasteiger partial charge on any atom is -0.465 e. The molecular weight excluding hydrogens is 495 g/mol. The van der Waals surface area contributed by atoms with Gasteiger partial charge in [0, 0.05) is 25.2 Å². The number of aromatic nitrogens is 2. The largest absolute Gasteiger partial charge is 0.465 e. The van der Waals surface area contributed by atoms with E-state index in [4.69, 9.17) is 10.5 Å². The van der Waals surface area contributed by atoms with Gasteiger partial charge in [-0.2, -0.15) is 4.31 Å². The minimum atomic E-state index is -3.63. The van der Waals surface area contributed by atoms with Gasteiger partial charge in [-0.25, -0.2) is 22.6 Å². The van der Waals surface area contributed by atoms with Crippen molar-refractivity contribution in [2.75, 3.05) is 26.7 Å². The van der Waals surface area contributed by atoms with Crippen molar-refractivity contribution in [2.24, 2.45) is 5.73 Å². The Hall–Kier alpha value is -2.79. The van der Waals surface area contributed by atoms with Crippen LogP contribution in [0.15, 0.2) is 53.2 Å². The van der Waals surface area contributed by atoms with Crippen molar-refractivity contribution in [3.63, 3.8) is 0 Å². The summed E-state index contributed by atoms with van der Waals surface area (Å²) in [7, 11) is -2.35.